The van der Waals surface area contributed by atoms with Gasteiger partial charge in [-0.05, 0) is 31.0 Å². The molecule has 0 atom stereocenters. The zero-order chi connectivity index (χ0) is 20.5. The third-order valence-electron chi connectivity index (χ3n) is 5.69. The number of amides is 1. The molecule has 1 saturated heterocycles. The van der Waals surface area contributed by atoms with Crippen molar-refractivity contribution in [3.05, 3.63) is 67.0 Å². The van der Waals surface area contributed by atoms with E-state index in [2.05, 4.69) is 38.1 Å². The molecule has 0 aliphatic carbocycles. The third kappa shape index (κ3) is 3.41. The number of piperidine rings is 1. The molecule has 4 aromatic heterocycles. The molecule has 0 N–H and O–H groups in total. The molecule has 0 spiro atoms. The number of rotatable bonds is 3. The number of pyridine rings is 2. The molecule has 0 unspecified atom stereocenters. The predicted octanol–water partition coefficient (Wildman–Crippen LogP) is 2.84. The standard InChI is InChI=1S/C22H21N7O/c1-28-14-25-12-20(28)22(30)29-6-4-15(5-7-29)19-3-2-16-8-17(11-26-21(16)27-19)18-9-23-13-24-10-18/h2-3,8-15H,4-7H2,1H3. The molecule has 1 amide bonds. The maximum absolute atomic E-state index is 12.7. The smallest absolute Gasteiger partial charge is 0.272 e. The van der Waals surface area contributed by atoms with Gasteiger partial charge in [-0.2, -0.15) is 0 Å². The minimum Gasteiger partial charge on any atom is -0.337 e. The van der Waals surface area contributed by atoms with Gasteiger partial charge >= 0.3 is 0 Å². The number of likely N-dealkylation sites (tertiary alicyclic amines) is 1. The second-order valence-electron chi connectivity index (χ2n) is 7.59. The number of imidazole rings is 1. The SMILES string of the molecule is Cn1cncc1C(=O)N1CCC(c2ccc3cc(-c4cncnc4)cnc3n2)CC1. The molecule has 1 aliphatic rings. The van der Waals surface area contributed by atoms with Crippen LogP contribution in [0.5, 0.6) is 0 Å². The van der Waals surface area contributed by atoms with Crippen molar-refractivity contribution in [3.63, 3.8) is 0 Å². The fourth-order valence-electron chi connectivity index (χ4n) is 3.96. The fraction of sp³-hybridized carbons (Fsp3) is 0.273. The Morgan fingerprint density at radius 3 is 2.53 bits per heavy atom. The van der Waals surface area contributed by atoms with Crippen molar-refractivity contribution in [2.75, 3.05) is 13.1 Å². The van der Waals surface area contributed by atoms with E-state index in [1.807, 2.05) is 18.1 Å². The lowest BCUT2D eigenvalue weighted by molar-refractivity contribution is 0.0702. The van der Waals surface area contributed by atoms with Crippen molar-refractivity contribution in [2.24, 2.45) is 7.05 Å². The lowest BCUT2D eigenvalue weighted by Gasteiger charge is -2.31. The first-order chi connectivity index (χ1) is 14.7. The second-order valence-corrected chi connectivity index (χ2v) is 7.59. The summed E-state index contributed by atoms with van der Waals surface area (Å²) < 4.78 is 1.76. The summed E-state index contributed by atoms with van der Waals surface area (Å²) in [7, 11) is 1.84. The van der Waals surface area contributed by atoms with E-state index in [0.29, 0.717) is 11.6 Å². The topological polar surface area (TPSA) is 89.7 Å². The highest BCUT2D eigenvalue weighted by molar-refractivity contribution is 5.92. The predicted molar refractivity (Wildman–Crippen MR) is 112 cm³/mol. The zero-order valence-electron chi connectivity index (χ0n) is 16.6. The maximum Gasteiger partial charge on any atom is 0.272 e. The molecule has 0 saturated carbocycles. The maximum atomic E-state index is 12.7. The number of carbonyl (C=O) groups excluding carboxylic acids is 1. The average Bonchev–Trinajstić information content (AvgIpc) is 3.24. The van der Waals surface area contributed by atoms with Crippen LogP contribution in [-0.4, -0.2) is 53.4 Å². The van der Waals surface area contributed by atoms with Crippen molar-refractivity contribution < 1.29 is 4.79 Å². The molecule has 1 fully saturated rings. The highest BCUT2D eigenvalue weighted by Crippen LogP contribution is 2.29. The van der Waals surface area contributed by atoms with Gasteiger partial charge < -0.3 is 9.47 Å². The quantitative estimate of drug-likeness (QED) is 0.526. The Morgan fingerprint density at radius 2 is 1.80 bits per heavy atom. The summed E-state index contributed by atoms with van der Waals surface area (Å²) in [5, 5.41) is 0.990. The van der Waals surface area contributed by atoms with Gasteiger partial charge in [-0.3, -0.25) is 4.79 Å². The molecular formula is C22H21N7O. The van der Waals surface area contributed by atoms with Gasteiger partial charge in [0, 0.05) is 66.9 Å². The molecule has 0 bridgehead atoms. The fourth-order valence-corrected chi connectivity index (χ4v) is 3.96. The van der Waals surface area contributed by atoms with Crippen LogP contribution in [-0.2, 0) is 7.05 Å². The van der Waals surface area contributed by atoms with E-state index < -0.39 is 0 Å². The lowest BCUT2D eigenvalue weighted by atomic mass is 9.92. The Labute approximate surface area is 173 Å². The third-order valence-corrected chi connectivity index (χ3v) is 5.69. The van der Waals surface area contributed by atoms with E-state index in [4.69, 9.17) is 4.98 Å². The largest absolute Gasteiger partial charge is 0.337 e. The Morgan fingerprint density at radius 1 is 1.00 bits per heavy atom. The molecule has 8 nitrogen and oxygen atoms in total. The van der Waals surface area contributed by atoms with Crippen molar-refractivity contribution >= 4 is 16.9 Å². The van der Waals surface area contributed by atoms with E-state index in [1.54, 1.807) is 29.5 Å². The Bertz CT molecular complexity index is 1200. The molecule has 4 aromatic rings. The van der Waals surface area contributed by atoms with Crippen LogP contribution in [0, 0.1) is 0 Å². The van der Waals surface area contributed by atoms with Gasteiger partial charge in [0.1, 0.15) is 12.0 Å². The monoisotopic (exact) mass is 399 g/mol. The van der Waals surface area contributed by atoms with E-state index >= 15 is 0 Å². The van der Waals surface area contributed by atoms with E-state index in [1.165, 1.54) is 6.33 Å². The van der Waals surface area contributed by atoms with Crippen molar-refractivity contribution in [2.45, 2.75) is 18.8 Å². The van der Waals surface area contributed by atoms with Crippen LogP contribution in [0.15, 0.2) is 55.6 Å². The summed E-state index contributed by atoms with van der Waals surface area (Å²) >= 11 is 0. The molecule has 150 valence electrons. The van der Waals surface area contributed by atoms with Crippen molar-refractivity contribution in [1.29, 1.82) is 0 Å². The highest BCUT2D eigenvalue weighted by atomic mass is 16.2. The van der Waals surface area contributed by atoms with Crippen LogP contribution in [0.4, 0.5) is 0 Å². The molecule has 0 aromatic carbocycles. The average molecular weight is 399 g/mol. The minimum atomic E-state index is 0.0407. The zero-order valence-corrected chi connectivity index (χ0v) is 16.6. The first-order valence-electron chi connectivity index (χ1n) is 9.97. The van der Waals surface area contributed by atoms with Gasteiger partial charge in [-0.25, -0.2) is 24.9 Å². The van der Waals surface area contributed by atoms with Gasteiger partial charge in [-0.1, -0.05) is 0 Å². The van der Waals surface area contributed by atoms with Crippen LogP contribution < -0.4 is 0 Å². The second kappa shape index (κ2) is 7.62. The normalized spacial score (nSPS) is 14.9. The Kier molecular flexibility index (Phi) is 4.66. The van der Waals surface area contributed by atoms with Crippen LogP contribution in [0.2, 0.25) is 0 Å². The van der Waals surface area contributed by atoms with Gasteiger partial charge in [0.2, 0.25) is 0 Å². The number of fused-ring (bicyclic) bond motifs is 1. The first kappa shape index (κ1) is 18.4. The molecule has 8 heteroatoms. The lowest BCUT2D eigenvalue weighted by Crippen LogP contribution is -2.38. The van der Waals surface area contributed by atoms with Gasteiger partial charge in [0.25, 0.3) is 5.91 Å². The molecule has 5 heterocycles. The van der Waals surface area contributed by atoms with Gasteiger partial charge in [-0.15, -0.1) is 0 Å². The highest BCUT2D eigenvalue weighted by Gasteiger charge is 2.26. The Hall–Kier alpha value is -3.68. The van der Waals surface area contributed by atoms with Crippen molar-refractivity contribution in [3.8, 4) is 11.1 Å². The van der Waals surface area contributed by atoms with Crippen LogP contribution in [0.1, 0.15) is 34.9 Å². The molecule has 30 heavy (non-hydrogen) atoms. The number of aromatic nitrogens is 6. The van der Waals surface area contributed by atoms with Crippen molar-refractivity contribution in [1.82, 2.24) is 34.4 Å². The van der Waals surface area contributed by atoms with E-state index in [0.717, 1.165) is 53.8 Å². The van der Waals surface area contributed by atoms with Crippen LogP contribution in [0.25, 0.3) is 22.2 Å². The number of hydrogen-bond acceptors (Lipinski definition) is 6. The van der Waals surface area contributed by atoms with Gasteiger partial charge in [0.15, 0.2) is 5.65 Å². The molecule has 5 rings (SSSR count). The molecule has 0 radical (unpaired) electrons. The molecule has 1 aliphatic heterocycles. The number of carbonyl (C=O) groups is 1. The first-order valence-corrected chi connectivity index (χ1v) is 9.97. The Balaban J connectivity index is 1.31. The summed E-state index contributed by atoms with van der Waals surface area (Å²) in [5.41, 5.74) is 4.31. The van der Waals surface area contributed by atoms with E-state index in [-0.39, 0.29) is 5.91 Å². The van der Waals surface area contributed by atoms with E-state index in [9.17, 15) is 4.79 Å². The molecular weight excluding hydrogens is 378 g/mol. The minimum absolute atomic E-state index is 0.0407. The summed E-state index contributed by atoms with van der Waals surface area (Å²) in [6.45, 7) is 1.43. The summed E-state index contributed by atoms with van der Waals surface area (Å²) in [6, 6.07) is 6.22. The number of nitrogens with zero attached hydrogens (tertiary/aromatic N) is 7. The summed E-state index contributed by atoms with van der Waals surface area (Å²) in [6.07, 6.45) is 11.9. The number of hydrogen-bond donors (Lipinski definition) is 0. The van der Waals surface area contributed by atoms with Gasteiger partial charge in [0.05, 0.1) is 12.5 Å². The summed E-state index contributed by atoms with van der Waals surface area (Å²) in [5.74, 6) is 0.369. The van der Waals surface area contributed by atoms with Crippen LogP contribution in [0.3, 0.4) is 0 Å². The van der Waals surface area contributed by atoms with Crippen LogP contribution >= 0.6 is 0 Å². The number of aryl methyl sites for hydroxylation is 1. The summed E-state index contributed by atoms with van der Waals surface area (Å²) in [4.78, 5) is 36.1.